The minimum atomic E-state index is -1.18. The molecule has 188 valence electrons. The zero-order valence-corrected chi connectivity index (χ0v) is 24.2. The third-order valence-corrected chi connectivity index (χ3v) is 6.69. The second-order valence-electron chi connectivity index (χ2n) is 9.31. The third-order valence-electron chi connectivity index (χ3n) is 6.69. The average Bonchev–Trinajstić information content (AvgIpc) is 2.95. The smallest absolute Gasteiger partial charge is 0.545 e. The molecular weight excluding hydrogens is 481 g/mol. The summed E-state index contributed by atoms with van der Waals surface area (Å²) in [6.07, 6.45) is 2.39. The molecule has 4 aromatic rings. The summed E-state index contributed by atoms with van der Waals surface area (Å²) in [6.45, 7) is 3.23. The minimum Gasteiger partial charge on any atom is -0.545 e. The summed E-state index contributed by atoms with van der Waals surface area (Å²) < 4.78 is 0. The van der Waals surface area contributed by atoms with E-state index in [1.165, 1.54) is 11.1 Å². The van der Waals surface area contributed by atoms with Gasteiger partial charge in [0.1, 0.15) is 0 Å². The van der Waals surface area contributed by atoms with E-state index in [0.717, 1.165) is 29.5 Å². The van der Waals surface area contributed by atoms with Crippen LogP contribution in [0, 0.1) is 0 Å². The monoisotopic (exact) mass is 513 g/mol. The number of carboxylic acids is 1. The number of aromatic carboxylic acids is 1. The minimum absolute atomic E-state index is 0. The summed E-state index contributed by atoms with van der Waals surface area (Å²) in [5, 5.41) is 11.0. The first-order chi connectivity index (χ1) is 18.0. The van der Waals surface area contributed by atoms with Crippen LogP contribution in [-0.2, 0) is 11.3 Å². The SMILES string of the molecule is CCCCC(=O)N(Cc1ccc(-c2ccc(C(=O)[O-])cc2)cc1)CC(c1ccccc1)c1ccccc1.[Na+]. The molecule has 0 spiro atoms. The van der Waals surface area contributed by atoms with Gasteiger partial charge in [-0.15, -0.1) is 0 Å². The molecule has 0 bridgehead atoms. The number of nitrogens with zero attached hydrogens (tertiary/aromatic N) is 1. The predicted molar refractivity (Wildman–Crippen MR) is 146 cm³/mol. The van der Waals surface area contributed by atoms with Crippen LogP contribution in [0.15, 0.2) is 109 Å². The van der Waals surface area contributed by atoms with E-state index in [-0.39, 0.29) is 46.9 Å². The number of amides is 1. The van der Waals surface area contributed by atoms with Crippen molar-refractivity contribution in [2.24, 2.45) is 0 Å². The van der Waals surface area contributed by atoms with Gasteiger partial charge in [0, 0.05) is 25.4 Å². The molecule has 0 saturated carbocycles. The number of hydrogen-bond acceptors (Lipinski definition) is 3. The molecule has 0 aliphatic carbocycles. The molecule has 0 aliphatic heterocycles. The van der Waals surface area contributed by atoms with Crippen molar-refractivity contribution in [3.63, 3.8) is 0 Å². The Morgan fingerprint density at radius 2 is 1.24 bits per heavy atom. The second-order valence-corrected chi connectivity index (χ2v) is 9.31. The molecule has 0 atom stereocenters. The fourth-order valence-corrected chi connectivity index (χ4v) is 4.56. The summed E-state index contributed by atoms with van der Waals surface area (Å²) >= 11 is 0. The first-order valence-electron chi connectivity index (χ1n) is 12.8. The van der Waals surface area contributed by atoms with Crippen LogP contribution >= 0.6 is 0 Å². The normalized spacial score (nSPS) is 10.6. The van der Waals surface area contributed by atoms with Gasteiger partial charge in [0.05, 0.1) is 5.97 Å². The number of carbonyl (C=O) groups is 2. The van der Waals surface area contributed by atoms with Gasteiger partial charge in [-0.1, -0.05) is 123 Å². The number of carboxylic acid groups (broad SMARTS) is 1. The van der Waals surface area contributed by atoms with Crippen LogP contribution in [0.3, 0.4) is 0 Å². The summed E-state index contributed by atoms with van der Waals surface area (Å²) in [5.74, 6) is -0.936. The van der Waals surface area contributed by atoms with E-state index in [0.29, 0.717) is 19.5 Å². The summed E-state index contributed by atoms with van der Waals surface area (Å²) in [6, 6.07) is 35.6. The number of rotatable bonds is 11. The van der Waals surface area contributed by atoms with E-state index < -0.39 is 5.97 Å². The Morgan fingerprint density at radius 3 is 1.71 bits per heavy atom. The van der Waals surface area contributed by atoms with Crippen molar-refractivity contribution in [3.05, 3.63) is 131 Å². The largest absolute Gasteiger partial charge is 1.00 e. The van der Waals surface area contributed by atoms with E-state index in [1.807, 2.05) is 65.6 Å². The van der Waals surface area contributed by atoms with E-state index >= 15 is 0 Å². The summed E-state index contributed by atoms with van der Waals surface area (Å²) in [7, 11) is 0. The van der Waals surface area contributed by atoms with Gasteiger partial charge in [-0.2, -0.15) is 0 Å². The molecule has 5 heteroatoms. The molecule has 0 aliphatic rings. The van der Waals surface area contributed by atoms with E-state index in [2.05, 4.69) is 31.2 Å². The van der Waals surface area contributed by atoms with Crippen molar-refractivity contribution in [2.45, 2.75) is 38.6 Å². The molecule has 38 heavy (non-hydrogen) atoms. The topological polar surface area (TPSA) is 60.4 Å². The molecule has 0 N–H and O–H groups in total. The molecule has 0 aromatic heterocycles. The second kappa shape index (κ2) is 14.7. The van der Waals surface area contributed by atoms with Gasteiger partial charge in [-0.25, -0.2) is 0 Å². The Hall–Kier alpha value is -3.18. The molecule has 0 saturated heterocycles. The summed E-state index contributed by atoms with van der Waals surface area (Å²) in [5.41, 5.74) is 5.52. The molecule has 4 rings (SSSR count). The Bertz CT molecular complexity index is 1250. The molecule has 0 radical (unpaired) electrons. The Kier molecular flexibility index (Phi) is 11.3. The van der Waals surface area contributed by atoms with E-state index in [4.69, 9.17) is 0 Å². The maximum atomic E-state index is 13.4. The van der Waals surface area contributed by atoms with Crippen molar-refractivity contribution in [3.8, 4) is 11.1 Å². The quantitative estimate of drug-likeness (QED) is 0.290. The maximum absolute atomic E-state index is 13.4. The molecule has 0 unspecified atom stereocenters. The van der Waals surface area contributed by atoms with Gasteiger partial charge in [-0.05, 0) is 39.8 Å². The number of benzene rings is 4. The molecular formula is C33H32NNaO3. The first kappa shape index (κ1) is 29.4. The molecule has 4 aromatic carbocycles. The average molecular weight is 514 g/mol. The van der Waals surface area contributed by atoms with Crippen molar-refractivity contribution >= 4 is 11.9 Å². The van der Waals surface area contributed by atoms with Crippen LogP contribution in [0.1, 0.15) is 59.2 Å². The van der Waals surface area contributed by atoms with E-state index in [1.54, 1.807) is 24.3 Å². The Morgan fingerprint density at radius 1 is 0.737 bits per heavy atom. The Labute approximate surface area is 247 Å². The van der Waals surface area contributed by atoms with Gasteiger partial charge in [0.2, 0.25) is 5.91 Å². The van der Waals surface area contributed by atoms with Crippen molar-refractivity contribution < 1.29 is 44.3 Å². The van der Waals surface area contributed by atoms with Gasteiger partial charge < -0.3 is 14.8 Å². The molecule has 0 fully saturated rings. The molecule has 1 amide bonds. The van der Waals surface area contributed by atoms with Gasteiger partial charge in [-0.3, -0.25) is 4.79 Å². The van der Waals surface area contributed by atoms with Crippen molar-refractivity contribution in [1.29, 1.82) is 0 Å². The van der Waals surface area contributed by atoms with Crippen molar-refractivity contribution in [1.82, 2.24) is 4.90 Å². The van der Waals surface area contributed by atoms with Crippen LogP contribution in [0.5, 0.6) is 0 Å². The van der Waals surface area contributed by atoms with Crippen LogP contribution in [0.4, 0.5) is 0 Å². The first-order valence-corrected chi connectivity index (χ1v) is 12.8. The van der Waals surface area contributed by atoms with Crippen LogP contribution < -0.4 is 34.7 Å². The number of unbranched alkanes of at least 4 members (excludes halogenated alkanes) is 1. The predicted octanol–water partition coefficient (Wildman–Crippen LogP) is 3.07. The fraction of sp³-hybridized carbons (Fsp3) is 0.212. The zero-order valence-electron chi connectivity index (χ0n) is 22.2. The number of hydrogen-bond donors (Lipinski definition) is 0. The Balaban J connectivity index is 0.00000400. The number of carbonyl (C=O) groups excluding carboxylic acids is 2. The van der Waals surface area contributed by atoms with E-state index in [9.17, 15) is 14.7 Å². The van der Waals surface area contributed by atoms with Crippen molar-refractivity contribution in [2.75, 3.05) is 6.54 Å². The third kappa shape index (κ3) is 7.91. The van der Waals surface area contributed by atoms with Crippen LogP contribution in [0.2, 0.25) is 0 Å². The maximum Gasteiger partial charge on any atom is 1.00 e. The van der Waals surface area contributed by atoms with Gasteiger partial charge in [0.25, 0.3) is 0 Å². The van der Waals surface area contributed by atoms with Crippen LogP contribution in [-0.4, -0.2) is 23.3 Å². The summed E-state index contributed by atoms with van der Waals surface area (Å²) in [4.78, 5) is 26.4. The molecule has 0 heterocycles. The molecule has 4 nitrogen and oxygen atoms in total. The standard InChI is InChI=1S/C33H33NO3.Na/c1-2-3-14-32(35)34(24-31(28-10-6-4-7-11-28)29-12-8-5-9-13-29)23-25-15-17-26(18-16-25)27-19-21-30(22-20-27)33(36)37;/h4-13,15-22,31H,2-3,14,23-24H2,1H3,(H,36,37);/q;+1/p-1. The van der Waals surface area contributed by atoms with Gasteiger partial charge >= 0.3 is 29.6 Å². The zero-order chi connectivity index (χ0) is 26.0. The fourth-order valence-electron chi connectivity index (χ4n) is 4.56. The van der Waals surface area contributed by atoms with Crippen LogP contribution in [0.25, 0.3) is 11.1 Å². The van der Waals surface area contributed by atoms with Gasteiger partial charge in [0.15, 0.2) is 0 Å².